The maximum atomic E-state index is 11.7. The van der Waals surface area contributed by atoms with Crippen molar-refractivity contribution in [2.24, 2.45) is 0 Å². The Kier molecular flexibility index (Phi) is 3.07. The van der Waals surface area contributed by atoms with Gasteiger partial charge >= 0.3 is 0 Å². The highest BCUT2D eigenvalue weighted by molar-refractivity contribution is 9.10. The third kappa shape index (κ3) is 2.06. The van der Waals surface area contributed by atoms with Crippen LogP contribution in [0.1, 0.15) is 19.8 Å². The van der Waals surface area contributed by atoms with Gasteiger partial charge in [-0.2, -0.15) is 0 Å². The Labute approximate surface area is 97.6 Å². The quantitative estimate of drug-likeness (QED) is 0.894. The van der Waals surface area contributed by atoms with Gasteiger partial charge in [0.05, 0.1) is 5.69 Å². The summed E-state index contributed by atoms with van der Waals surface area (Å²) < 4.78 is 0.933. The number of rotatable bonds is 2. The lowest BCUT2D eigenvalue weighted by molar-refractivity contribution is -0.117. The summed E-state index contributed by atoms with van der Waals surface area (Å²) in [6.45, 7) is 2.08. The van der Waals surface area contributed by atoms with Crippen LogP contribution < -0.4 is 10.4 Å². The van der Waals surface area contributed by atoms with E-state index < -0.39 is 0 Å². The van der Waals surface area contributed by atoms with E-state index in [9.17, 15) is 4.79 Å². The molecule has 3 nitrogen and oxygen atoms in total. The van der Waals surface area contributed by atoms with Crippen LogP contribution in [0.25, 0.3) is 0 Å². The van der Waals surface area contributed by atoms with E-state index in [-0.39, 0.29) is 11.9 Å². The zero-order valence-electron chi connectivity index (χ0n) is 8.53. The zero-order chi connectivity index (χ0) is 10.8. The molecule has 2 rings (SSSR count). The lowest BCUT2D eigenvalue weighted by atomic mass is 10.2. The van der Waals surface area contributed by atoms with Gasteiger partial charge in [0.15, 0.2) is 0 Å². The summed E-state index contributed by atoms with van der Waals surface area (Å²) in [6.07, 6.45) is 1.55. The second-order valence-corrected chi connectivity index (χ2v) is 4.47. The van der Waals surface area contributed by atoms with Crippen molar-refractivity contribution in [3.63, 3.8) is 0 Å². The Hall–Kier alpha value is -0.870. The molecule has 80 valence electrons. The molecule has 0 spiro atoms. The molecule has 1 N–H and O–H groups in total. The number of para-hydroxylation sites is 1. The largest absolute Gasteiger partial charge is 0.273 e. The van der Waals surface area contributed by atoms with Crippen molar-refractivity contribution in [1.29, 1.82) is 0 Å². The molecule has 1 fully saturated rings. The highest BCUT2D eigenvalue weighted by Crippen LogP contribution is 2.27. The second kappa shape index (κ2) is 4.33. The third-order valence-corrected chi connectivity index (χ3v) is 3.24. The number of benzene rings is 1. The molecule has 1 unspecified atom stereocenters. The summed E-state index contributed by atoms with van der Waals surface area (Å²) in [7, 11) is 0. The van der Waals surface area contributed by atoms with Gasteiger partial charge in [-0.05, 0) is 34.5 Å². The third-order valence-electron chi connectivity index (χ3n) is 2.57. The first kappa shape index (κ1) is 10.6. The second-order valence-electron chi connectivity index (χ2n) is 3.62. The van der Waals surface area contributed by atoms with Crippen molar-refractivity contribution in [1.82, 2.24) is 5.43 Å². The minimum absolute atomic E-state index is 0.133. The first-order valence-corrected chi connectivity index (χ1v) is 5.85. The van der Waals surface area contributed by atoms with E-state index >= 15 is 0 Å². The van der Waals surface area contributed by atoms with Gasteiger partial charge in [-0.25, -0.2) is 10.4 Å². The fourth-order valence-corrected chi connectivity index (χ4v) is 2.14. The Morgan fingerprint density at radius 1 is 1.53 bits per heavy atom. The van der Waals surface area contributed by atoms with E-state index in [1.165, 1.54) is 0 Å². The number of hydrazine groups is 1. The number of halogens is 1. The van der Waals surface area contributed by atoms with Gasteiger partial charge < -0.3 is 0 Å². The molecule has 4 heteroatoms. The fraction of sp³-hybridized carbons (Fsp3) is 0.364. The van der Waals surface area contributed by atoms with E-state index in [0.717, 1.165) is 16.6 Å². The van der Waals surface area contributed by atoms with Gasteiger partial charge in [0.25, 0.3) is 0 Å². The van der Waals surface area contributed by atoms with Gasteiger partial charge in [0.1, 0.15) is 0 Å². The summed E-state index contributed by atoms with van der Waals surface area (Å²) >= 11 is 3.44. The highest BCUT2D eigenvalue weighted by Gasteiger charge is 2.29. The minimum Gasteiger partial charge on any atom is -0.273 e. The molecule has 1 atom stereocenters. The van der Waals surface area contributed by atoms with E-state index in [4.69, 9.17) is 0 Å². The standard InChI is InChI=1S/C11H13BrN2O/c1-2-8-7-11(15)14(13-8)10-6-4-3-5-9(10)12/h3-6,8,13H,2,7H2,1H3. The van der Waals surface area contributed by atoms with Crippen LogP contribution in [0.5, 0.6) is 0 Å². The lowest BCUT2D eigenvalue weighted by Crippen LogP contribution is -2.37. The molecule has 1 saturated heterocycles. The molecule has 1 aromatic rings. The van der Waals surface area contributed by atoms with Gasteiger partial charge in [0, 0.05) is 16.9 Å². The predicted octanol–water partition coefficient (Wildman–Crippen LogP) is 2.47. The van der Waals surface area contributed by atoms with Crippen LogP contribution in [0.3, 0.4) is 0 Å². The normalized spacial score (nSPS) is 21.1. The molecule has 0 aliphatic carbocycles. The van der Waals surface area contributed by atoms with Crippen LogP contribution in [0.15, 0.2) is 28.7 Å². The zero-order valence-corrected chi connectivity index (χ0v) is 10.1. The topological polar surface area (TPSA) is 32.3 Å². The van der Waals surface area contributed by atoms with Crippen molar-refractivity contribution in [2.45, 2.75) is 25.8 Å². The molecule has 1 heterocycles. The van der Waals surface area contributed by atoms with Gasteiger partial charge in [-0.1, -0.05) is 19.1 Å². The van der Waals surface area contributed by atoms with Gasteiger partial charge in [-0.3, -0.25) is 4.79 Å². The van der Waals surface area contributed by atoms with Crippen LogP contribution in [0, 0.1) is 0 Å². The summed E-state index contributed by atoms with van der Waals surface area (Å²) in [6, 6.07) is 7.99. The first-order valence-electron chi connectivity index (χ1n) is 5.06. The van der Waals surface area contributed by atoms with Gasteiger partial charge in [0.2, 0.25) is 5.91 Å². The Morgan fingerprint density at radius 2 is 2.27 bits per heavy atom. The molecule has 1 aliphatic rings. The molecule has 1 aliphatic heterocycles. The average molecular weight is 269 g/mol. The number of nitrogens with one attached hydrogen (secondary N) is 1. The predicted molar refractivity (Wildman–Crippen MR) is 63.5 cm³/mol. The van der Waals surface area contributed by atoms with Crippen LogP contribution in [0.4, 0.5) is 5.69 Å². The maximum absolute atomic E-state index is 11.7. The van der Waals surface area contributed by atoms with Crippen molar-refractivity contribution in [3.05, 3.63) is 28.7 Å². The maximum Gasteiger partial charge on any atom is 0.243 e. The Bertz CT molecular complexity index is 381. The molecular weight excluding hydrogens is 256 g/mol. The molecular formula is C11H13BrN2O. The number of carbonyl (C=O) groups excluding carboxylic acids is 1. The molecule has 0 saturated carbocycles. The number of nitrogens with zero attached hydrogens (tertiary/aromatic N) is 1. The van der Waals surface area contributed by atoms with Crippen LogP contribution in [-0.4, -0.2) is 11.9 Å². The van der Waals surface area contributed by atoms with E-state index in [0.29, 0.717) is 6.42 Å². The van der Waals surface area contributed by atoms with E-state index in [1.54, 1.807) is 5.01 Å². The van der Waals surface area contributed by atoms with E-state index in [1.807, 2.05) is 24.3 Å². The highest BCUT2D eigenvalue weighted by atomic mass is 79.9. The van der Waals surface area contributed by atoms with Crippen LogP contribution in [-0.2, 0) is 4.79 Å². The summed E-state index contributed by atoms with van der Waals surface area (Å²) in [4.78, 5) is 11.7. The molecule has 0 radical (unpaired) electrons. The Morgan fingerprint density at radius 3 is 2.87 bits per heavy atom. The summed E-state index contributed by atoms with van der Waals surface area (Å²) in [5, 5.41) is 1.64. The molecule has 1 aromatic carbocycles. The molecule has 0 aromatic heterocycles. The van der Waals surface area contributed by atoms with Gasteiger partial charge in [-0.15, -0.1) is 0 Å². The van der Waals surface area contributed by atoms with Crippen molar-refractivity contribution >= 4 is 27.5 Å². The SMILES string of the molecule is CCC1CC(=O)N(c2ccccc2Br)N1. The summed E-state index contributed by atoms with van der Waals surface area (Å²) in [5.74, 6) is 0.133. The van der Waals surface area contributed by atoms with Crippen molar-refractivity contribution < 1.29 is 4.79 Å². The van der Waals surface area contributed by atoms with E-state index in [2.05, 4.69) is 28.3 Å². The van der Waals surface area contributed by atoms with Crippen LogP contribution in [0.2, 0.25) is 0 Å². The number of anilines is 1. The number of hydrogen-bond acceptors (Lipinski definition) is 2. The van der Waals surface area contributed by atoms with Crippen molar-refractivity contribution in [3.8, 4) is 0 Å². The average Bonchev–Trinajstić information content (AvgIpc) is 2.60. The molecule has 1 amide bonds. The van der Waals surface area contributed by atoms with Crippen molar-refractivity contribution in [2.75, 3.05) is 5.01 Å². The fourth-order valence-electron chi connectivity index (χ4n) is 1.67. The van der Waals surface area contributed by atoms with Crippen LogP contribution >= 0.6 is 15.9 Å². The number of hydrogen-bond donors (Lipinski definition) is 1. The molecule has 15 heavy (non-hydrogen) atoms. The number of carbonyl (C=O) groups is 1. The monoisotopic (exact) mass is 268 g/mol. The summed E-state index contributed by atoms with van der Waals surface area (Å²) in [5.41, 5.74) is 4.09. The minimum atomic E-state index is 0.133. The Balaban J connectivity index is 2.25. The number of amides is 1. The smallest absolute Gasteiger partial charge is 0.243 e. The molecule has 0 bridgehead atoms. The lowest BCUT2D eigenvalue weighted by Gasteiger charge is -2.18. The first-order chi connectivity index (χ1) is 7.22.